The summed E-state index contributed by atoms with van der Waals surface area (Å²) in [6.45, 7) is 2.02. The van der Waals surface area contributed by atoms with Gasteiger partial charge in [-0.15, -0.1) is 0 Å². The molecule has 1 aliphatic rings. The van der Waals surface area contributed by atoms with Crippen LogP contribution in [0.5, 0.6) is 5.75 Å². The highest BCUT2D eigenvalue weighted by Crippen LogP contribution is 2.38. The van der Waals surface area contributed by atoms with Crippen LogP contribution in [-0.4, -0.2) is 17.5 Å². The molecule has 3 rings (SSSR count). The Morgan fingerprint density at radius 2 is 2.04 bits per heavy atom. The summed E-state index contributed by atoms with van der Waals surface area (Å²) in [4.78, 5) is 24.6. The molecule has 1 aromatic heterocycles. The number of hydrogen-bond donors (Lipinski definition) is 2. The third-order valence-electron chi connectivity index (χ3n) is 4.29. The van der Waals surface area contributed by atoms with Crippen molar-refractivity contribution in [1.29, 1.82) is 0 Å². The molecule has 126 valence electrons. The quantitative estimate of drug-likeness (QED) is 0.843. The van der Waals surface area contributed by atoms with Gasteiger partial charge in [0.25, 0.3) is 5.91 Å². The second kappa shape index (κ2) is 6.49. The topological polar surface area (TPSA) is 94.6 Å². The van der Waals surface area contributed by atoms with Gasteiger partial charge in [0, 0.05) is 12.1 Å². The molecule has 3 N–H and O–H groups in total. The minimum atomic E-state index is -0.481. The fraction of sp³-hybridized carbons (Fsp3) is 0.333. The Hall–Kier alpha value is -2.60. The number of hydrogen-bond acceptors (Lipinski definition) is 5. The van der Waals surface area contributed by atoms with Gasteiger partial charge in [-0.3, -0.25) is 9.59 Å². The zero-order valence-corrected chi connectivity index (χ0v) is 13.5. The Bertz CT molecular complexity index is 779. The van der Waals surface area contributed by atoms with Crippen LogP contribution in [0.2, 0.25) is 0 Å². The Morgan fingerprint density at radius 3 is 2.67 bits per heavy atom. The maximum absolute atomic E-state index is 12.5. The SMILES string of the molecule is C[C@H](N)C1(NC(=O)c2occc(=O)c2OCc2ccccc2)CC1. The number of ether oxygens (including phenoxy) is 1. The van der Waals surface area contributed by atoms with Gasteiger partial charge in [0.2, 0.25) is 16.9 Å². The Labute approximate surface area is 139 Å². The van der Waals surface area contributed by atoms with Gasteiger partial charge in [-0.1, -0.05) is 30.3 Å². The Balaban J connectivity index is 1.80. The first-order chi connectivity index (χ1) is 11.5. The fourth-order valence-electron chi connectivity index (χ4n) is 2.54. The third kappa shape index (κ3) is 3.33. The summed E-state index contributed by atoms with van der Waals surface area (Å²) >= 11 is 0. The summed E-state index contributed by atoms with van der Waals surface area (Å²) in [6.07, 6.45) is 2.82. The minimum absolute atomic E-state index is 0.0840. The molecule has 6 nitrogen and oxygen atoms in total. The molecular formula is C18H20N2O4. The Kier molecular flexibility index (Phi) is 4.40. The van der Waals surface area contributed by atoms with Crippen molar-refractivity contribution in [2.24, 2.45) is 5.73 Å². The van der Waals surface area contributed by atoms with Crippen molar-refractivity contribution < 1.29 is 13.9 Å². The van der Waals surface area contributed by atoms with E-state index in [-0.39, 0.29) is 24.2 Å². The number of carbonyl (C=O) groups is 1. The molecule has 1 fully saturated rings. The lowest BCUT2D eigenvalue weighted by atomic mass is 10.1. The van der Waals surface area contributed by atoms with Crippen molar-refractivity contribution in [3.63, 3.8) is 0 Å². The molecule has 1 heterocycles. The normalized spacial score (nSPS) is 16.2. The average Bonchev–Trinajstić information content (AvgIpc) is 3.35. The van der Waals surface area contributed by atoms with E-state index in [2.05, 4.69) is 5.32 Å². The Morgan fingerprint density at radius 1 is 1.33 bits per heavy atom. The van der Waals surface area contributed by atoms with Gasteiger partial charge in [0.15, 0.2) is 0 Å². The molecule has 0 aliphatic heterocycles. The predicted molar refractivity (Wildman–Crippen MR) is 88.8 cm³/mol. The first-order valence-electron chi connectivity index (χ1n) is 7.88. The monoisotopic (exact) mass is 328 g/mol. The van der Waals surface area contributed by atoms with E-state index in [1.807, 2.05) is 37.3 Å². The zero-order chi connectivity index (χ0) is 17.2. The summed E-state index contributed by atoms with van der Waals surface area (Å²) in [7, 11) is 0. The van der Waals surface area contributed by atoms with Crippen molar-refractivity contribution in [3.05, 3.63) is 64.2 Å². The van der Waals surface area contributed by atoms with Crippen molar-refractivity contribution in [2.75, 3.05) is 0 Å². The van der Waals surface area contributed by atoms with Gasteiger partial charge in [-0.05, 0) is 25.3 Å². The standard InChI is InChI=1S/C18H20N2O4/c1-12(19)18(8-9-18)20-17(22)16-15(14(21)7-10-23-16)24-11-13-5-3-2-4-6-13/h2-7,10,12H,8-9,11,19H2,1H3,(H,20,22)/t12-/m0/s1. The van der Waals surface area contributed by atoms with Gasteiger partial charge in [-0.2, -0.15) is 0 Å². The summed E-state index contributed by atoms with van der Waals surface area (Å²) in [5, 5.41) is 2.87. The van der Waals surface area contributed by atoms with Crippen LogP contribution in [-0.2, 0) is 6.61 Å². The fourth-order valence-corrected chi connectivity index (χ4v) is 2.54. The van der Waals surface area contributed by atoms with Crippen LogP contribution in [0.3, 0.4) is 0 Å². The molecule has 0 radical (unpaired) electrons. The molecule has 6 heteroatoms. The number of rotatable bonds is 6. The van der Waals surface area contributed by atoms with Crippen molar-refractivity contribution in [3.8, 4) is 5.75 Å². The maximum atomic E-state index is 12.5. The molecule has 0 unspecified atom stereocenters. The molecule has 24 heavy (non-hydrogen) atoms. The number of nitrogens with two attached hydrogens (primary N) is 1. The minimum Gasteiger partial charge on any atom is -0.481 e. The molecule has 2 aromatic rings. The van der Waals surface area contributed by atoms with E-state index in [4.69, 9.17) is 14.9 Å². The molecule has 1 atom stereocenters. The third-order valence-corrected chi connectivity index (χ3v) is 4.29. The summed E-state index contributed by atoms with van der Waals surface area (Å²) in [6, 6.07) is 10.4. The van der Waals surface area contributed by atoms with Crippen LogP contribution in [0.1, 0.15) is 35.9 Å². The lowest BCUT2D eigenvalue weighted by Gasteiger charge is -2.21. The largest absolute Gasteiger partial charge is 0.481 e. The summed E-state index contributed by atoms with van der Waals surface area (Å²) in [5.41, 5.74) is 6.00. The second-order valence-corrected chi connectivity index (χ2v) is 6.12. The van der Waals surface area contributed by atoms with Crippen molar-refractivity contribution >= 4 is 5.91 Å². The number of carbonyl (C=O) groups excluding carboxylic acids is 1. The zero-order valence-electron chi connectivity index (χ0n) is 13.5. The van der Waals surface area contributed by atoms with Gasteiger partial charge in [0.05, 0.1) is 11.8 Å². The van der Waals surface area contributed by atoms with Gasteiger partial charge >= 0.3 is 0 Å². The maximum Gasteiger partial charge on any atom is 0.291 e. The lowest BCUT2D eigenvalue weighted by molar-refractivity contribution is 0.0886. The summed E-state index contributed by atoms with van der Waals surface area (Å²) < 4.78 is 10.8. The summed E-state index contributed by atoms with van der Waals surface area (Å²) in [5.74, 6) is -0.685. The average molecular weight is 328 g/mol. The van der Waals surface area contributed by atoms with E-state index >= 15 is 0 Å². The first kappa shape index (κ1) is 16.3. The highest BCUT2D eigenvalue weighted by molar-refractivity contribution is 5.94. The van der Waals surface area contributed by atoms with Crippen molar-refractivity contribution in [1.82, 2.24) is 5.32 Å². The molecular weight excluding hydrogens is 308 g/mol. The second-order valence-electron chi connectivity index (χ2n) is 6.12. The van der Waals surface area contributed by atoms with E-state index in [1.54, 1.807) is 0 Å². The van der Waals surface area contributed by atoms with Crippen LogP contribution >= 0.6 is 0 Å². The van der Waals surface area contributed by atoms with Gasteiger partial charge in [-0.25, -0.2) is 0 Å². The molecule has 1 aromatic carbocycles. The van der Waals surface area contributed by atoms with Crippen LogP contribution in [0.4, 0.5) is 0 Å². The first-order valence-corrected chi connectivity index (χ1v) is 7.88. The highest BCUT2D eigenvalue weighted by atomic mass is 16.5. The van der Waals surface area contributed by atoms with E-state index in [9.17, 15) is 9.59 Å². The van der Waals surface area contributed by atoms with Gasteiger partial charge < -0.3 is 20.2 Å². The van der Waals surface area contributed by atoms with E-state index < -0.39 is 16.9 Å². The van der Waals surface area contributed by atoms with E-state index in [0.29, 0.717) is 0 Å². The molecule has 1 aliphatic carbocycles. The van der Waals surface area contributed by atoms with Crippen molar-refractivity contribution in [2.45, 2.75) is 38.0 Å². The smallest absolute Gasteiger partial charge is 0.291 e. The number of nitrogens with one attached hydrogen (secondary N) is 1. The lowest BCUT2D eigenvalue weighted by Crippen LogP contribution is -2.48. The van der Waals surface area contributed by atoms with Crippen LogP contribution in [0.25, 0.3) is 0 Å². The predicted octanol–water partition coefficient (Wildman–Crippen LogP) is 1.83. The molecule has 0 spiro atoms. The van der Waals surface area contributed by atoms with Crippen LogP contribution < -0.4 is 21.2 Å². The molecule has 0 bridgehead atoms. The highest BCUT2D eigenvalue weighted by Gasteiger charge is 2.48. The van der Waals surface area contributed by atoms with Crippen LogP contribution in [0, 0.1) is 0 Å². The number of amides is 1. The van der Waals surface area contributed by atoms with E-state index in [1.165, 1.54) is 12.3 Å². The molecule has 1 saturated carbocycles. The molecule has 1 amide bonds. The van der Waals surface area contributed by atoms with Crippen LogP contribution in [0.15, 0.2) is 51.9 Å². The van der Waals surface area contributed by atoms with Gasteiger partial charge in [0.1, 0.15) is 6.61 Å². The number of benzene rings is 1. The molecule has 0 saturated heterocycles. The van der Waals surface area contributed by atoms with E-state index in [0.717, 1.165) is 18.4 Å².